The zero-order valence-electron chi connectivity index (χ0n) is 12.1. The number of aromatic nitrogens is 2. The van der Waals surface area contributed by atoms with Gasteiger partial charge >= 0.3 is 0 Å². The molecular weight excluding hydrogens is 278 g/mol. The van der Waals surface area contributed by atoms with Crippen LogP contribution in [0.25, 0.3) is 0 Å². The lowest BCUT2D eigenvalue weighted by atomic mass is 10.3. The Balaban J connectivity index is 2.43. The Bertz CT molecular complexity index is 486. The van der Waals surface area contributed by atoms with Crippen LogP contribution in [-0.2, 0) is 11.3 Å². The van der Waals surface area contributed by atoms with Gasteiger partial charge in [-0.3, -0.25) is 4.79 Å². The van der Waals surface area contributed by atoms with Gasteiger partial charge in [0, 0.05) is 13.2 Å². The molecule has 1 aromatic heterocycles. The lowest BCUT2D eigenvalue weighted by molar-refractivity contribution is 0.0765. The van der Waals surface area contributed by atoms with Gasteiger partial charge in [0.1, 0.15) is 5.02 Å². The van der Waals surface area contributed by atoms with Gasteiger partial charge in [-0.2, -0.15) is 5.10 Å². The van der Waals surface area contributed by atoms with E-state index in [9.17, 15) is 4.79 Å². The molecule has 0 amide bonds. The van der Waals surface area contributed by atoms with Crippen LogP contribution in [0.15, 0.2) is 23.6 Å². The van der Waals surface area contributed by atoms with Crippen molar-refractivity contribution >= 4 is 17.3 Å². The molecule has 0 spiro atoms. The summed E-state index contributed by atoms with van der Waals surface area (Å²) in [5.41, 5.74) is 0.265. The van der Waals surface area contributed by atoms with E-state index in [4.69, 9.17) is 16.3 Å². The van der Waals surface area contributed by atoms with Crippen LogP contribution in [0, 0.1) is 0 Å². The number of unbranched alkanes of at least 4 members (excludes halogenated alkanes) is 1. The molecule has 0 aromatic carbocycles. The molecule has 6 heteroatoms. The summed E-state index contributed by atoms with van der Waals surface area (Å²) in [6.07, 6.45) is 5.34. The van der Waals surface area contributed by atoms with E-state index >= 15 is 0 Å². The number of anilines is 1. The molecule has 0 aliphatic heterocycles. The van der Waals surface area contributed by atoms with Crippen molar-refractivity contribution in [3.05, 3.63) is 34.2 Å². The third kappa shape index (κ3) is 5.35. The first-order valence-electron chi connectivity index (χ1n) is 6.78. The number of hydrogen-bond acceptors (Lipinski definition) is 4. The van der Waals surface area contributed by atoms with Crippen LogP contribution in [0.1, 0.15) is 26.7 Å². The predicted octanol–water partition coefficient (Wildman–Crippen LogP) is 2.70. The van der Waals surface area contributed by atoms with E-state index in [0.717, 1.165) is 26.0 Å². The number of halogens is 1. The highest BCUT2D eigenvalue weighted by Gasteiger charge is 2.07. The zero-order chi connectivity index (χ0) is 15.0. The first-order chi connectivity index (χ1) is 9.56. The van der Waals surface area contributed by atoms with Crippen molar-refractivity contribution in [2.24, 2.45) is 0 Å². The normalized spacial score (nSPS) is 10.8. The second kappa shape index (κ2) is 8.76. The summed E-state index contributed by atoms with van der Waals surface area (Å²) in [4.78, 5) is 11.9. The van der Waals surface area contributed by atoms with Crippen molar-refractivity contribution in [3.63, 3.8) is 0 Å². The van der Waals surface area contributed by atoms with Gasteiger partial charge in [-0.05, 0) is 26.7 Å². The first kappa shape index (κ1) is 16.7. The zero-order valence-corrected chi connectivity index (χ0v) is 12.8. The molecule has 0 aliphatic carbocycles. The minimum absolute atomic E-state index is 0.167. The lowest BCUT2D eigenvalue weighted by Crippen LogP contribution is -2.23. The summed E-state index contributed by atoms with van der Waals surface area (Å²) in [6, 6.07) is 0. The van der Waals surface area contributed by atoms with Crippen molar-refractivity contribution in [1.29, 1.82) is 0 Å². The molecule has 0 aliphatic rings. The fraction of sp³-hybridized carbons (Fsp3) is 0.571. The number of nitrogens with zero attached hydrogens (tertiary/aromatic N) is 2. The van der Waals surface area contributed by atoms with Gasteiger partial charge in [0.15, 0.2) is 0 Å². The van der Waals surface area contributed by atoms with E-state index in [2.05, 4.69) is 17.0 Å². The maximum absolute atomic E-state index is 11.9. The molecule has 0 fully saturated rings. The van der Waals surface area contributed by atoms with E-state index in [1.807, 2.05) is 13.8 Å². The van der Waals surface area contributed by atoms with Crippen molar-refractivity contribution in [1.82, 2.24) is 9.78 Å². The minimum Gasteiger partial charge on any atom is -0.382 e. The molecule has 1 N–H and O–H groups in total. The Kier molecular flexibility index (Phi) is 7.33. The van der Waals surface area contributed by atoms with Gasteiger partial charge < -0.3 is 10.1 Å². The summed E-state index contributed by atoms with van der Waals surface area (Å²) in [6.45, 7) is 9.43. The van der Waals surface area contributed by atoms with E-state index in [0.29, 0.717) is 12.2 Å². The van der Waals surface area contributed by atoms with E-state index in [1.165, 1.54) is 4.68 Å². The number of nitrogens with one attached hydrogen (secondary N) is 1. The van der Waals surface area contributed by atoms with Gasteiger partial charge in [0.05, 0.1) is 24.5 Å². The van der Waals surface area contributed by atoms with Crippen LogP contribution in [0.4, 0.5) is 5.69 Å². The molecule has 20 heavy (non-hydrogen) atoms. The van der Waals surface area contributed by atoms with Gasteiger partial charge in [-0.25, -0.2) is 4.68 Å². The SMILES string of the molecule is C=CCn1ncc(NCCCCOC(C)C)c(Cl)c1=O. The third-order valence-electron chi connectivity index (χ3n) is 2.62. The molecule has 0 bridgehead atoms. The Morgan fingerprint density at radius 2 is 2.30 bits per heavy atom. The molecule has 0 unspecified atom stereocenters. The highest BCUT2D eigenvalue weighted by atomic mass is 35.5. The monoisotopic (exact) mass is 299 g/mol. The molecule has 0 radical (unpaired) electrons. The van der Waals surface area contributed by atoms with Crippen molar-refractivity contribution in [2.75, 3.05) is 18.5 Å². The topological polar surface area (TPSA) is 56.1 Å². The summed E-state index contributed by atoms with van der Waals surface area (Å²) in [5.74, 6) is 0. The Labute approximate surface area is 124 Å². The van der Waals surface area contributed by atoms with Crippen LogP contribution in [-0.4, -0.2) is 29.0 Å². The summed E-state index contributed by atoms with van der Waals surface area (Å²) in [5, 5.41) is 7.32. The number of ether oxygens (including phenoxy) is 1. The van der Waals surface area contributed by atoms with Crippen molar-refractivity contribution in [2.45, 2.75) is 39.3 Å². The highest BCUT2D eigenvalue weighted by molar-refractivity contribution is 6.32. The Morgan fingerprint density at radius 1 is 1.55 bits per heavy atom. The second-order valence-corrected chi connectivity index (χ2v) is 5.08. The molecule has 1 aromatic rings. The van der Waals surface area contributed by atoms with Crippen LogP contribution < -0.4 is 10.9 Å². The minimum atomic E-state index is -0.306. The maximum atomic E-state index is 11.9. The van der Waals surface area contributed by atoms with E-state index in [-0.39, 0.29) is 16.7 Å². The van der Waals surface area contributed by atoms with Crippen LogP contribution in [0.3, 0.4) is 0 Å². The average Bonchev–Trinajstić information content (AvgIpc) is 2.41. The van der Waals surface area contributed by atoms with Gasteiger partial charge in [0.2, 0.25) is 0 Å². The standard InChI is InChI=1S/C14H22ClN3O2/c1-4-8-18-14(19)13(15)12(10-17-18)16-7-5-6-9-20-11(2)3/h4,10-11,16H,1,5-9H2,2-3H3. The fourth-order valence-electron chi connectivity index (χ4n) is 1.61. The van der Waals surface area contributed by atoms with Gasteiger partial charge in [-0.1, -0.05) is 17.7 Å². The number of rotatable bonds is 9. The van der Waals surface area contributed by atoms with Gasteiger partial charge in [-0.15, -0.1) is 6.58 Å². The lowest BCUT2D eigenvalue weighted by Gasteiger charge is -2.10. The molecule has 1 rings (SSSR count). The van der Waals surface area contributed by atoms with E-state index < -0.39 is 0 Å². The van der Waals surface area contributed by atoms with Crippen LogP contribution in [0.5, 0.6) is 0 Å². The smallest absolute Gasteiger partial charge is 0.287 e. The molecule has 5 nitrogen and oxygen atoms in total. The average molecular weight is 300 g/mol. The summed E-state index contributed by atoms with van der Waals surface area (Å²) >= 11 is 6.02. The van der Waals surface area contributed by atoms with Crippen molar-refractivity contribution in [3.8, 4) is 0 Å². The van der Waals surface area contributed by atoms with Crippen molar-refractivity contribution < 1.29 is 4.74 Å². The molecule has 0 saturated heterocycles. The molecule has 1 heterocycles. The number of allylic oxidation sites excluding steroid dienone is 1. The molecular formula is C14H22ClN3O2. The number of hydrogen-bond donors (Lipinski definition) is 1. The maximum Gasteiger partial charge on any atom is 0.287 e. The largest absolute Gasteiger partial charge is 0.382 e. The first-order valence-corrected chi connectivity index (χ1v) is 7.16. The quantitative estimate of drug-likeness (QED) is 0.563. The van der Waals surface area contributed by atoms with E-state index in [1.54, 1.807) is 12.3 Å². The van der Waals surface area contributed by atoms with Crippen LogP contribution in [0.2, 0.25) is 5.02 Å². The summed E-state index contributed by atoms with van der Waals surface area (Å²) < 4.78 is 6.73. The predicted molar refractivity (Wildman–Crippen MR) is 82.5 cm³/mol. The Morgan fingerprint density at radius 3 is 2.95 bits per heavy atom. The second-order valence-electron chi connectivity index (χ2n) is 4.70. The molecule has 112 valence electrons. The van der Waals surface area contributed by atoms with Crippen LogP contribution >= 0.6 is 11.6 Å². The Hall–Kier alpha value is -1.33. The molecule has 0 atom stereocenters. The molecule has 0 saturated carbocycles. The van der Waals surface area contributed by atoms with Gasteiger partial charge in [0.25, 0.3) is 5.56 Å². The fourth-order valence-corrected chi connectivity index (χ4v) is 1.82. The third-order valence-corrected chi connectivity index (χ3v) is 2.99. The highest BCUT2D eigenvalue weighted by Crippen LogP contribution is 2.15. The summed E-state index contributed by atoms with van der Waals surface area (Å²) in [7, 11) is 0.